The highest BCUT2D eigenvalue weighted by Gasteiger charge is 2.54. The number of rotatable bonds is 0. The third kappa shape index (κ3) is 1.32. The molecule has 0 aromatic rings. The molecule has 0 aromatic heterocycles. The molecule has 0 amide bonds. The van der Waals surface area contributed by atoms with Crippen LogP contribution >= 0.6 is 0 Å². The fourth-order valence-corrected chi connectivity index (χ4v) is 5.53. The zero-order chi connectivity index (χ0) is 13.3. The van der Waals surface area contributed by atoms with Crippen LogP contribution < -0.4 is 0 Å². The second-order valence-corrected chi connectivity index (χ2v) is 6.88. The van der Waals surface area contributed by atoms with Gasteiger partial charge < -0.3 is 0 Å². The minimum atomic E-state index is -0.0781. The van der Waals surface area contributed by atoms with Gasteiger partial charge in [-0.15, -0.1) is 0 Å². The predicted molar refractivity (Wildman–Crippen MR) is 72.3 cm³/mol. The van der Waals surface area contributed by atoms with E-state index < -0.39 is 0 Å². The van der Waals surface area contributed by atoms with E-state index in [-0.39, 0.29) is 35.2 Å². The van der Waals surface area contributed by atoms with Crippen LogP contribution in [0.5, 0.6) is 0 Å². The van der Waals surface area contributed by atoms with Crippen molar-refractivity contribution in [2.45, 2.75) is 33.1 Å². The topological polar surface area (TPSA) is 34.1 Å². The van der Waals surface area contributed by atoms with Gasteiger partial charge >= 0.3 is 0 Å². The van der Waals surface area contributed by atoms with Crippen molar-refractivity contribution in [3.05, 3.63) is 23.3 Å². The predicted octanol–water partition coefficient (Wildman–Crippen LogP) is 2.94. The molecule has 0 heterocycles. The van der Waals surface area contributed by atoms with Gasteiger partial charge in [0.1, 0.15) is 0 Å². The smallest absolute Gasteiger partial charge is 0.160 e. The second kappa shape index (κ2) is 3.68. The Morgan fingerprint density at radius 3 is 1.68 bits per heavy atom. The highest BCUT2D eigenvalue weighted by Crippen LogP contribution is 2.60. The molecule has 19 heavy (non-hydrogen) atoms. The Morgan fingerprint density at radius 1 is 0.842 bits per heavy atom. The van der Waals surface area contributed by atoms with Crippen molar-refractivity contribution in [2.75, 3.05) is 0 Å². The lowest BCUT2D eigenvalue weighted by Gasteiger charge is -2.44. The molecule has 0 saturated heterocycles. The standard InChI is InChI=1S/C17H20O2/c1-8-14-10-3-4-11(7-10)15(14)9(2)17-13(19)6-5-12(18)16(8)17/h5-6,8-11,16-17H,3-4,7H2,1-2H3/t8-,9-,10-,11-,16-,17+/m1/s1. The Hall–Kier alpha value is -1.18. The van der Waals surface area contributed by atoms with E-state index in [4.69, 9.17) is 0 Å². The summed E-state index contributed by atoms with van der Waals surface area (Å²) in [6.45, 7) is 4.37. The van der Waals surface area contributed by atoms with Crippen LogP contribution in [0.2, 0.25) is 0 Å². The number of allylic oxidation sites excluding steroid dienone is 4. The number of fused-ring (bicyclic) bond motifs is 5. The SMILES string of the molecule is C[C@@H]1C2=C([C@@H]3CC[C@@H]2C3)[C@@H](C)[C@H]2C(=O)C=CC(=O)[C@H]21. The minimum Gasteiger partial charge on any atom is -0.294 e. The molecule has 4 aliphatic carbocycles. The average molecular weight is 256 g/mol. The number of carbonyl (C=O) groups excluding carboxylic acids is 2. The van der Waals surface area contributed by atoms with Crippen LogP contribution in [0.15, 0.2) is 23.3 Å². The summed E-state index contributed by atoms with van der Waals surface area (Å²) in [5.74, 6) is 2.20. The van der Waals surface area contributed by atoms with E-state index in [0.29, 0.717) is 11.8 Å². The highest BCUT2D eigenvalue weighted by atomic mass is 16.1. The number of hydrogen-bond donors (Lipinski definition) is 0. The van der Waals surface area contributed by atoms with Crippen LogP contribution in [0, 0.1) is 35.5 Å². The van der Waals surface area contributed by atoms with Gasteiger partial charge in [-0.2, -0.15) is 0 Å². The van der Waals surface area contributed by atoms with E-state index in [1.54, 1.807) is 11.1 Å². The molecule has 0 N–H and O–H groups in total. The van der Waals surface area contributed by atoms with Crippen LogP contribution in [0.25, 0.3) is 0 Å². The minimum absolute atomic E-state index is 0.0781. The van der Waals surface area contributed by atoms with E-state index in [9.17, 15) is 9.59 Å². The molecule has 100 valence electrons. The Bertz CT molecular complexity index is 493. The lowest BCUT2D eigenvalue weighted by Crippen LogP contribution is -2.45. The molecule has 0 aliphatic heterocycles. The number of hydrogen-bond acceptors (Lipinski definition) is 2. The summed E-state index contributed by atoms with van der Waals surface area (Å²) >= 11 is 0. The van der Waals surface area contributed by atoms with Crippen molar-refractivity contribution in [3.8, 4) is 0 Å². The normalized spacial score (nSPS) is 47.7. The second-order valence-electron chi connectivity index (χ2n) is 6.88. The maximum Gasteiger partial charge on any atom is 0.160 e. The van der Waals surface area contributed by atoms with Crippen molar-refractivity contribution in [3.63, 3.8) is 0 Å². The maximum absolute atomic E-state index is 12.3. The van der Waals surface area contributed by atoms with Crippen LogP contribution in [0.1, 0.15) is 33.1 Å². The zero-order valence-corrected chi connectivity index (χ0v) is 11.6. The van der Waals surface area contributed by atoms with Crippen molar-refractivity contribution >= 4 is 11.6 Å². The van der Waals surface area contributed by atoms with Gasteiger partial charge in [-0.1, -0.05) is 25.0 Å². The fraction of sp³-hybridized carbons (Fsp3) is 0.647. The largest absolute Gasteiger partial charge is 0.294 e. The van der Waals surface area contributed by atoms with Gasteiger partial charge in [0.25, 0.3) is 0 Å². The Kier molecular flexibility index (Phi) is 2.25. The van der Waals surface area contributed by atoms with Gasteiger partial charge in [0.05, 0.1) is 0 Å². The summed E-state index contributed by atoms with van der Waals surface area (Å²) in [5, 5.41) is 0. The Labute approximate surface area is 113 Å². The highest BCUT2D eigenvalue weighted by molar-refractivity contribution is 6.08. The molecule has 0 radical (unpaired) electrons. The van der Waals surface area contributed by atoms with Gasteiger partial charge in [0, 0.05) is 11.8 Å². The summed E-state index contributed by atoms with van der Waals surface area (Å²) < 4.78 is 0. The van der Waals surface area contributed by atoms with Gasteiger partial charge in [-0.25, -0.2) is 0 Å². The van der Waals surface area contributed by atoms with Crippen LogP contribution in [-0.4, -0.2) is 11.6 Å². The van der Waals surface area contributed by atoms with Crippen LogP contribution in [0.4, 0.5) is 0 Å². The van der Waals surface area contributed by atoms with Gasteiger partial charge in [-0.05, 0) is 55.1 Å². The number of carbonyl (C=O) groups is 2. The molecular formula is C17H20O2. The van der Waals surface area contributed by atoms with E-state index in [2.05, 4.69) is 13.8 Å². The van der Waals surface area contributed by atoms with Crippen LogP contribution in [-0.2, 0) is 9.59 Å². The maximum atomic E-state index is 12.3. The molecule has 4 rings (SSSR count). The molecule has 2 bridgehead atoms. The first-order valence-electron chi connectivity index (χ1n) is 7.59. The van der Waals surface area contributed by atoms with Gasteiger partial charge in [0.15, 0.2) is 11.6 Å². The van der Waals surface area contributed by atoms with Crippen molar-refractivity contribution in [2.24, 2.45) is 35.5 Å². The fourth-order valence-electron chi connectivity index (χ4n) is 5.53. The summed E-state index contributed by atoms with van der Waals surface area (Å²) in [7, 11) is 0. The van der Waals surface area contributed by atoms with Crippen molar-refractivity contribution in [1.29, 1.82) is 0 Å². The number of ketones is 2. The average Bonchev–Trinajstić information content (AvgIpc) is 2.99. The van der Waals surface area contributed by atoms with E-state index >= 15 is 0 Å². The quantitative estimate of drug-likeness (QED) is 0.624. The van der Waals surface area contributed by atoms with Crippen LogP contribution in [0.3, 0.4) is 0 Å². The summed E-state index contributed by atoms with van der Waals surface area (Å²) in [4.78, 5) is 24.5. The lowest BCUT2D eigenvalue weighted by molar-refractivity contribution is -0.132. The first-order valence-corrected chi connectivity index (χ1v) is 7.59. The molecule has 4 aliphatic rings. The summed E-state index contributed by atoms with van der Waals surface area (Å²) in [6.07, 6.45) is 6.93. The molecule has 1 saturated carbocycles. The van der Waals surface area contributed by atoms with E-state index in [1.165, 1.54) is 31.4 Å². The molecule has 2 heteroatoms. The van der Waals surface area contributed by atoms with E-state index in [0.717, 1.165) is 0 Å². The van der Waals surface area contributed by atoms with Gasteiger partial charge in [-0.3, -0.25) is 9.59 Å². The molecule has 0 aromatic carbocycles. The lowest BCUT2D eigenvalue weighted by atomic mass is 9.58. The van der Waals surface area contributed by atoms with Crippen molar-refractivity contribution in [1.82, 2.24) is 0 Å². The molecule has 1 fully saturated rings. The third-order valence-electron chi connectivity index (χ3n) is 6.16. The molecule has 2 nitrogen and oxygen atoms in total. The molecule has 0 spiro atoms. The van der Waals surface area contributed by atoms with Gasteiger partial charge in [0.2, 0.25) is 0 Å². The molecule has 0 unspecified atom stereocenters. The first kappa shape index (κ1) is 11.6. The Morgan fingerprint density at radius 2 is 1.26 bits per heavy atom. The molecule has 6 atom stereocenters. The summed E-state index contributed by atoms with van der Waals surface area (Å²) in [5.41, 5.74) is 3.14. The molecular weight excluding hydrogens is 236 g/mol. The van der Waals surface area contributed by atoms with E-state index in [1.807, 2.05) is 0 Å². The zero-order valence-electron chi connectivity index (χ0n) is 11.6. The third-order valence-corrected chi connectivity index (χ3v) is 6.16. The Balaban J connectivity index is 1.86. The van der Waals surface area contributed by atoms with Crippen molar-refractivity contribution < 1.29 is 9.59 Å². The first-order chi connectivity index (χ1) is 9.09. The summed E-state index contributed by atoms with van der Waals surface area (Å²) in [6, 6.07) is 0. The monoisotopic (exact) mass is 256 g/mol.